The highest BCUT2D eigenvalue weighted by atomic mass is 16.1. The molecule has 0 bridgehead atoms. The summed E-state index contributed by atoms with van der Waals surface area (Å²) in [6.07, 6.45) is 4.76. The quantitative estimate of drug-likeness (QED) is 0.814. The maximum Gasteiger partial charge on any atom is 0.267 e. The van der Waals surface area contributed by atoms with E-state index >= 15 is 0 Å². The van der Waals surface area contributed by atoms with Gasteiger partial charge in [0, 0.05) is 50.6 Å². The van der Waals surface area contributed by atoms with Crippen LogP contribution in [0.25, 0.3) is 0 Å². The van der Waals surface area contributed by atoms with E-state index in [0.717, 1.165) is 74.8 Å². The van der Waals surface area contributed by atoms with Crippen molar-refractivity contribution in [3.63, 3.8) is 0 Å². The van der Waals surface area contributed by atoms with Crippen molar-refractivity contribution in [3.05, 3.63) is 45.8 Å². The number of aryl methyl sites for hydroxylation is 3. The molecule has 0 atom stereocenters. The minimum absolute atomic E-state index is 0.0377. The van der Waals surface area contributed by atoms with E-state index in [1.54, 1.807) is 17.1 Å². The summed E-state index contributed by atoms with van der Waals surface area (Å²) in [5.41, 5.74) is 3.30. The molecule has 7 heteroatoms. The van der Waals surface area contributed by atoms with Crippen molar-refractivity contribution in [2.75, 3.05) is 37.6 Å². The third-order valence-corrected chi connectivity index (χ3v) is 5.14. The molecule has 3 heterocycles. The zero-order chi connectivity index (χ0) is 17.2. The monoisotopic (exact) mass is 340 g/mol. The molecular weight excluding hydrogens is 316 g/mol. The van der Waals surface area contributed by atoms with Crippen LogP contribution in [0.5, 0.6) is 0 Å². The average molecular weight is 340 g/mol. The number of piperazine rings is 1. The Kier molecular flexibility index (Phi) is 4.48. The molecule has 4 rings (SSSR count). The molecule has 0 spiro atoms. The van der Waals surface area contributed by atoms with Gasteiger partial charge in [0.1, 0.15) is 12.1 Å². The molecule has 1 saturated heterocycles. The van der Waals surface area contributed by atoms with Gasteiger partial charge in [-0.15, -0.1) is 0 Å². The highest BCUT2D eigenvalue weighted by Crippen LogP contribution is 2.17. The Morgan fingerprint density at radius 2 is 1.88 bits per heavy atom. The van der Waals surface area contributed by atoms with Gasteiger partial charge >= 0.3 is 0 Å². The number of nitrogens with zero attached hydrogens (tertiary/aromatic N) is 6. The molecule has 0 radical (unpaired) electrons. The van der Waals surface area contributed by atoms with E-state index < -0.39 is 0 Å². The third kappa shape index (κ3) is 3.56. The first-order chi connectivity index (χ1) is 12.2. The van der Waals surface area contributed by atoms with Crippen LogP contribution in [0.3, 0.4) is 0 Å². The summed E-state index contributed by atoms with van der Waals surface area (Å²) in [5.74, 6) is 1.00. The Labute approximate surface area is 147 Å². The first kappa shape index (κ1) is 16.2. The van der Waals surface area contributed by atoms with E-state index in [9.17, 15) is 4.79 Å². The van der Waals surface area contributed by atoms with Crippen LogP contribution in [0.1, 0.15) is 23.4 Å². The maximum absolute atomic E-state index is 12.2. The number of hydrogen-bond donors (Lipinski definition) is 0. The van der Waals surface area contributed by atoms with E-state index in [4.69, 9.17) is 0 Å². The van der Waals surface area contributed by atoms with Crippen LogP contribution in [0.15, 0.2) is 23.3 Å². The first-order valence-electron chi connectivity index (χ1n) is 9.05. The summed E-state index contributed by atoms with van der Waals surface area (Å²) < 4.78 is 1.64. The smallest absolute Gasteiger partial charge is 0.267 e. The molecule has 1 fully saturated rings. The zero-order valence-electron chi connectivity index (χ0n) is 14.7. The molecular formula is C18H24N6O. The largest absolute Gasteiger partial charge is 0.354 e. The van der Waals surface area contributed by atoms with Gasteiger partial charge in [-0.3, -0.25) is 9.69 Å². The third-order valence-electron chi connectivity index (χ3n) is 5.14. The Morgan fingerprint density at radius 1 is 1.04 bits per heavy atom. The SMILES string of the molecule is Cc1cc(N2CCN(CCn3nc4c(cc3=O)CCC4)CC2)ncn1. The fraction of sp³-hybridized carbons (Fsp3) is 0.556. The molecule has 0 amide bonds. The summed E-state index contributed by atoms with van der Waals surface area (Å²) in [6, 6.07) is 3.81. The van der Waals surface area contributed by atoms with E-state index in [2.05, 4.69) is 24.9 Å². The van der Waals surface area contributed by atoms with E-state index in [1.807, 2.05) is 13.0 Å². The Morgan fingerprint density at radius 3 is 2.68 bits per heavy atom. The Hall–Kier alpha value is -2.28. The molecule has 0 saturated carbocycles. The van der Waals surface area contributed by atoms with Crippen molar-refractivity contribution >= 4 is 5.82 Å². The van der Waals surface area contributed by atoms with Gasteiger partial charge in [-0.25, -0.2) is 14.6 Å². The summed E-state index contributed by atoms with van der Waals surface area (Å²) >= 11 is 0. The van der Waals surface area contributed by atoms with Crippen LogP contribution >= 0.6 is 0 Å². The van der Waals surface area contributed by atoms with Crippen molar-refractivity contribution in [1.29, 1.82) is 0 Å². The van der Waals surface area contributed by atoms with Crippen molar-refractivity contribution in [1.82, 2.24) is 24.6 Å². The molecule has 7 nitrogen and oxygen atoms in total. The minimum Gasteiger partial charge on any atom is -0.354 e. The van der Waals surface area contributed by atoms with Gasteiger partial charge in [-0.1, -0.05) is 0 Å². The highest BCUT2D eigenvalue weighted by molar-refractivity contribution is 5.39. The standard InChI is InChI=1S/C18H24N6O/c1-14-11-17(20-13-19-14)23-8-5-22(6-9-23)7-10-24-18(25)12-15-3-2-4-16(15)21-24/h11-13H,2-10H2,1H3. The number of aromatic nitrogens is 4. The predicted octanol–water partition coefficient (Wildman–Crippen LogP) is 0.653. The van der Waals surface area contributed by atoms with Crippen LogP contribution < -0.4 is 10.5 Å². The van der Waals surface area contributed by atoms with E-state index in [-0.39, 0.29) is 5.56 Å². The summed E-state index contributed by atoms with van der Waals surface area (Å²) in [7, 11) is 0. The van der Waals surface area contributed by atoms with Crippen LogP contribution in [0, 0.1) is 6.92 Å². The zero-order valence-corrected chi connectivity index (χ0v) is 14.7. The summed E-state index contributed by atoms with van der Waals surface area (Å²) in [4.78, 5) is 25.4. The molecule has 2 aromatic rings. The first-order valence-corrected chi connectivity index (χ1v) is 9.05. The molecule has 0 aromatic carbocycles. The molecule has 2 aliphatic rings. The molecule has 132 valence electrons. The molecule has 1 aliphatic heterocycles. The lowest BCUT2D eigenvalue weighted by Gasteiger charge is -2.35. The summed E-state index contributed by atoms with van der Waals surface area (Å²) in [5, 5.41) is 4.56. The van der Waals surface area contributed by atoms with Gasteiger partial charge < -0.3 is 4.90 Å². The topological polar surface area (TPSA) is 67.2 Å². The molecule has 25 heavy (non-hydrogen) atoms. The van der Waals surface area contributed by atoms with Gasteiger partial charge in [0.25, 0.3) is 5.56 Å². The second kappa shape index (κ2) is 6.92. The van der Waals surface area contributed by atoms with Gasteiger partial charge in [-0.2, -0.15) is 5.10 Å². The highest BCUT2D eigenvalue weighted by Gasteiger charge is 2.19. The normalized spacial score (nSPS) is 17.7. The Bertz CT molecular complexity index is 809. The van der Waals surface area contributed by atoms with Crippen LogP contribution in [0.4, 0.5) is 5.82 Å². The molecule has 2 aromatic heterocycles. The van der Waals surface area contributed by atoms with Gasteiger partial charge in [-0.05, 0) is 31.7 Å². The van der Waals surface area contributed by atoms with Gasteiger partial charge in [0.05, 0.1) is 12.2 Å². The lowest BCUT2D eigenvalue weighted by Crippen LogP contribution is -2.48. The molecule has 1 aliphatic carbocycles. The fourth-order valence-corrected chi connectivity index (χ4v) is 3.65. The molecule has 0 N–H and O–H groups in total. The molecule has 0 unspecified atom stereocenters. The average Bonchev–Trinajstić information content (AvgIpc) is 3.07. The minimum atomic E-state index is 0.0377. The predicted molar refractivity (Wildman–Crippen MR) is 95.9 cm³/mol. The second-order valence-corrected chi connectivity index (χ2v) is 6.88. The fourth-order valence-electron chi connectivity index (χ4n) is 3.65. The number of anilines is 1. The van der Waals surface area contributed by atoms with Crippen molar-refractivity contribution in [3.8, 4) is 0 Å². The number of rotatable bonds is 4. The van der Waals surface area contributed by atoms with Crippen LogP contribution in [-0.4, -0.2) is 57.4 Å². The van der Waals surface area contributed by atoms with Crippen molar-refractivity contribution in [2.24, 2.45) is 0 Å². The maximum atomic E-state index is 12.2. The van der Waals surface area contributed by atoms with E-state index in [1.165, 1.54) is 0 Å². The van der Waals surface area contributed by atoms with Crippen molar-refractivity contribution in [2.45, 2.75) is 32.7 Å². The second-order valence-electron chi connectivity index (χ2n) is 6.88. The van der Waals surface area contributed by atoms with Crippen LogP contribution in [-0.2, 0) is 19.4 Å². The number of fused-ring (bicyclic) bond motifs is 1. The Balaban J connectivity index is 1.33. The lowest BCUT2D eigenvalue weighted by atomic mass is 10.2. The van der Waals surface area contributed by atoms with Crippen LogP contribution in [0.2, 0.25) is 0 Å². The van der Waals surface area contributed by atoms with Crippen molar-refractivity contribution < 1.29 is 0 Å². The summed E-state index contributed by atoms with van der Waals surface area (Å²) in [6.45, 7) is 7.36. The van der Waals surface area contributed by atoms with Gasteiger partial charge in [0.2, 0.25) is 0 Å². The van der Waals surface area contributed by atoms with E-state index in [0.29, 0.717) is 6.54 Å². The number of hydrogen-bond acceptors (Lipinski definition) is 6. The van der Waals surface area contributed by atoms with Gasteiger partial charge in [0.15, 0.2) is 0 Å². The lowest BCUT2D eigenvalue weighted by molar-refractivity contribution is 0.242.